The third-order valence-electron chi connectivity index (χ3n) is 3.45. The zero-order valence-electron chi connectivity index (χ0n) is 11.7. The quantitative estimate of drug-likeness (QED) is 0.464. The zero-order chi connectivity index (χ0) is 15.9. The monoisotopic (exact) mass is 412 g/mol. The first-order chi connectivity index (χ1) is 10.5. The molecular weight excluding hydrogens is 399 g/mol. The summed E-state index contributed by atoms with van der Waals surface area (Å²) >= 11 is 2.12. The number of amides is 2. The number of carbonyl (C=O) groups excluding carboxylic acids is 2. The third-order valence-corrected chi connectivity index (χ3v) is 4.28. The number of anilines is 1. The molecule has 22 heavy (non-hydrogen) atoms. The fraction of sp³-hybridized carbons (Fsp3) is 0.286. The number of imide groups is 1. The number of fused-ring (bicyclic) bond motifs is 1. The molecule has 0 fully saturated rings. The lowest BCUT2D eigenvalue weighted by molar-refractivity contribution is 0.0925. The molecule has 1 aliphatic rings. The largest absolute Gasteiger partial charge is 0.390 e. The van der Waals surface area contributed by atoms with Crippen LogP contribution in [0.2, 0.25) is 0 Å². The molecule has 0 bridgehead atoms. The molecule has 1 N–H and O–H groups in total. The molecule has 2 unspecified atom stereocenters. The van der Waals surface area contributed by atoms with E-state index in [4.69, 9.17) is 0 Å². The number of hydrogen-bond acceptors (Lipinski definition) is 5. The van der Waals surface area contributed by atoms with Crippen LogP contribution in [-0.2, 0) is 6.54 Å². The zero-order valence-corrected chi connectivity index (χ0v) is 13.8. The Morgan fingerprint density at radius 2 is 1.82 bits per heavy atom. The lowest BCUT2D eigenvalue weighted by Crippen LogP contribution is -2.29. The summed E-state index contributed by atoms with van der Waals surface area (Å²) in [4.78, 5) is 25.7. The summed E-state index contributed by atoms with van der Waals surface area (Å²) in [5, 5.41) is 17.6. The van der Waals surface area contributed by atoms with E-state index in [1.807, 2.05) is 6.92 Å². The molecule has 2 heterocycles. The number of halogens is 1. The summed E-state index contributed by atoms with van der Waals surface area (Å²) in [5.41, 5.74) is 0.728. The van der Waals surface area contributed by atoms with Crippen LogP contribution < -0.4 is 4.90 Å². The fourth-order valence-corrected chi connectivity index (χ4v) is 2.44. The summed E-state index contributed by atoms with van der Waals surface area (Å²) in [6.07, 6.45) is 0.904. The van der Waals surface area contributed by atoms with Gasteiger partial charge >= 0.3 is 0 Å². The van der Waals surface area contributed by atoms with Crippen molar-refractivity contribution in [1.82, 2.24) is 15.0 Å². The van der Waals surface area contributed by atoms with Gasteiger partial charge in [-0.3, -0.25) is 9.59 Å². The predicted octanol–water partition coefficient (Wildman–Crippen LogP) is 1.26. The first-order valence-corrected chi connectivity index (χ1v) is 7.93. The lowest BCUT2D eigenvalue weighted by atomic mass is 10.1. The Hall–Kier alpha value is -1.81. The molecule has 114 valence electrons. The van der Waals surface area contributed by atoms with E-state index in [1.54, 1.807) is 24.3 Å². The summed E-state index contributed by atoms with van der Waals surface area (Å²) < 4.78 is 1.48. The summed E-state index contributed by atoms with van der Waals surface area (Å²) in [7, 11) is 0. The van der Waals surface area contributed by atoms with E-state index in [9.17, 15) is 14.7 Å². The van der Waals surface area contributed by atoms with E-state index in [-0.39, 0.29) is 16.3 Å². The van der Waals surface area contributed by atoms with Crippen molar-refractivity contribution in [2.45, 2.75) is 23.5 Å². The molecule has 1 aromatic carbocycles. The molecule has 2 amide bonds. The number of aromatic nitrogens is 3. The molecule has 1 aromatic heterocycles. The lowest BCUT2D eigenvalue weighted by Gasteiger charge is -2.12. The Morgan fingerprint density at radius 1 is 1.23 bits per heavy atom. The molecule has 8 heteroatoms. The van der Waals surface area contributed by atoms with Crippen molar-refractivity contribution in [3.63, 3.8) is 0 Å². The standard InChI is InChI=1S/C14H13IN4O3/c1-8(15)11(20)6-18-7-12(16-17-18)19-13(21)9-4-2-3-5-10(9)14(19)22/h2-5,7-8,11,20H,6H2,1H3. The highest BCUT2D eigenvalue weighted by Crippen LogP contribution is 2.26. The highest BCUT2D eigenvalue weighted by molar-refractivity contribution is 14.1. The van der Waals surface area contributed by atoms with Crippen molar-refractivity contribution < 1.29 is 14.7 Å². The van der Waals surface area contributed by atoms with Gasteiger partial charge in [-0.1, -0.05) is 46.9 Å². The Morgan fingerprint density at radius 3 is 2.36 bits per heavy atom. The summed E-state index contributed by atoms with van der Waals surface area (Å²) in [5.74, 6) is -0.648. The normalized spacial score (nSPS) is 16.8. The molecule has 2 aromatic rings. The number of alkyl halides is 1. The van der Waals surface area contributed by atoms with E-state index in [0.29, 0.717) is 11.1 Å². The van der Waals surface area contributed by atoms with Crippen molar-refractivity contribution in [3.8, 4) is 0 Å². The van der Waals surface area contributed by atoms with Crippen molar-refractivity contribution >= 4 is 40.2 Å². The highest BCUT2D eigenvalue weighted by atomic mass is 127. The molecule has 0 saturated carbocycles. The topological polar surface area (TPSA) is 88.3 Å². The van der Waals surface area contributed by atoms with Gasteiger partial charge in [0.1, 0.15) is 0 Å². The van der Waals surface area contributed by atoms with Crippen LogP contribution in [0.4, 0.5) is 5.82 Å². The van der Waals surface area contributed by atoms with Crippen LogP contribution in [-0.4, -0.2) is 41.9 Å². The summed E-state index contributed by atoms with van der Waals surface area (Å²) in [6.45, 7) is 2.13. The minimum atomic E-state index is -0.586. The van der Waals surface area contributed by atoms with E-state index < -0.39 is 17.9 Å². The molecule has 7 nitrogen and oxygen atoms in total. The Balaban J connectivity index is 1.86. The van der Waals surface area contributed by atoms with Crippen LogP contribution in [0.5, 0.6) is 0 Å². The van der Waals surface area contributed by atoms with E-state index in [0.717, 1.165) is 4.90 Å². The number of rotatable bonds is 4. The third kappa shape index (κ3) is 2.52. The second-order valence-corrected chi connectivity index (χ2v) is 7.00. The molecule has 2 atom stereocenters. The SMILES string of the molecule is CC(I)C(O)Cn1cc(N2C(=O)c3ccccc3C2=O)nn1. The molecule has 0 radical (unpaired) electrons. The number of carbonyl (C=O) groups is 2. The van der Waals surface area contributed by atoms with Gasteiger partial charge in [-0.25, -0.2) is 9.58 Å². The second-order valence-electron chi connectivity index (χ2n) is 5.03. The Kier molecular flexibility index (Phi) is 3.96. The van der Waals surface area contributed by atoms with Crippen LogP contribution in [0.3, 0.4) is 0 Å². The van der Waals surface area contributed by atoms with Crippen LogP contribution in [0, 0.1) is 0 Å². The Labute approximate surface area is 140 Å². The van der Waals surface area contributed by atoms with Crippen molar-refractivity contribution in [3.05, 3.63) is 41.6 Å². The van der Waals surface area contributed by atoms with E-state index in [2.05, 4.69) is 32.9 Å². The van der Waals surface area contributed by atoms with E-state index in [1.165, 1.54) is 10.9 Å². The predicted molar refractivity (Wildman–Crippen MR) is 87.1 cm³/mol. The van der Waals surface area contributed by atoms with Crippen LogP contribution >= 0.6 is 22.6 Å². The minimum Gasteiger partial charge on any atom is -0.390 e. The Bertz CT molecular complexity index is 708. The second kappa shape index (κ2) is 5.76. The molecule has 0 saturated heterocycles. The van der Waals surface area contributed by atoms with Gasteiger partial charge in [-0.2, -0.15) is 0 Å². The molecule has 1 aliphatic heterocycles. The van der Waals surface area contributed by atoms with Gasteiger partial charge < -0.3 is 5.11 Å². The molecule has 0 aliphatic carbocycles. The first-order valence-electron chi connectivity index (χ1n) is 6.69. The maximum atomic E-state index is 12.3. The number of benzene rings is 1. The van der Waals surface area contributed by atoms with Gasteiger partial charge in [-0.15, -0.1) is 5.10 Å². The molecule has 3 rings (SSSR count). The average molecular weight is 412 g/mol. The molecule has 0 spiro atoms. The van der Waals surface area contributed by atoms with Gasteiger partial charge in [-0.05, 0) is 12.1 Å². The van der Waals surface area contributed by atoms with Crippen molar-refractivity contribution in [2.24, 2.45) is 0 Å². The van der Waals surface area contributed by atoms with Crippen LogP contribution in [0.15, 0.2) is 30.5 Å². The number of aliphatic hydroxyl groups excluding tert-OH is 1. The van der Waals surface area contributed by atoms with Crippen molar-refractivity contribution in [2.75, 3.05) is 4.90 Å². The van der Waals surface area contributed by atoms with Gasteiger partial charge in [0, 0.05) is 3.92 Å². The van der Waals surface area contributed by atoms with Gasteiger partial charge in [0.25, 0.3) is 11.8 Å². The minimum absolute atomic E-state index is 0.0459. The highest BCUT2D eigenvalue weighted by Gasteiger charge is 2.37. The fourth-order valence-electron chi connectivity index (χ4n) is 2.21. The van der Waals surface area contributed by atoms with Gasteiger partial charge in [0.2, 0.25) is 0 Å². The van der Waals surface area contributed by atoms with Gasteiger partial charge in [0.15, 0.2) is 5.82 Å². The maximum Gasteiger partial charge on any atom is 0.267 e. The molecular formula is C14H13IN4O3. The van der Waals surface area contributed by atoms with Gasteiger partial charge in [0.05, 0.1) is 30.0 Å². The van der Waals surface area contributed by atoms with Crippen LogP contribution in [0.25, 0.3) is 0 Å². The smallest absolute Gasteiger partial charge is 0.267 e. The van der Waals surface area contributed by atoms with Crippen molar-refractivity contribution in [1.29, 1.82) is 0 Å². The number of aliphatic hydroxyl groups is 1. The average Bonchev–Trinajstić information content (AvgIpc) is 3.03. The van der Waals surface area contributed by atoms with Crippen LogP contribution in [0.1, 0.15) is 27.6 Å². The summed E-state index contributed by atoms with van der Waals surface area (Å²) in [6, 6.07) is 6.65. The number of nitrogens with zero attached hydrogens (tertiary/aromatic N) is 4. The maximum absolute atomic E-state index is 12.3. The number of hydrogen-bond donors (Lipinski definition) is 1. The van der Waals surface area contributed by atoms with E-state index >= 15 is 0 Å². The first kappa shape index (κ1) is 15.1.